The zero-order valence-corrected chi connectivity index (χ0v) is 14.2. The van der Waals surface area contributed by atoms with Gasteiger partial charge in [0.1, 0.15) is 5.75 Å². The van der Waals surface area contributed by atoms with E-state index in [0.717, 1.165) is 5.56 Å². The van der Waals surface area contributed by atoms with Gasteiger partial charge in [-0.05, 0) is 42.0 Å². The van der Waals surface area contributed by atoms with Crippen molar-refractivity contribution in [2.24, 2.45) is 0 Å². The van der Waals surface area contributed by atoms with E-state index in [2.05, 4.69) is 10.9 Å². The van der Waals surface area contributed by atoms with Crippen LogP contribution in [0.1, 0.15) is 15.9 Å². The third kappa shape index (κ3) is 5.01. The van der Waals surface area contributed by atoms with Crippen molar-refractivity contribution in [1.82, 2.24) is 10.9 Å². The van der Waals surface area contributed by atoms with E-state index >= 15 is 0 Å². The smallest absolute Gasteiger partial charge is 0.273 e. The highest BCUT2D eigenvalue weighted by Crippen LogP contribution is 2.22. The molecule has 0 atom stereocenters. The molecule has 0 spiro atoms. The average Bonchev–Trinajstić information content (AvgIpc) is 2.58. The van der Waals surface area contributed by atoms with Crippen LogP contribution in [0.2, 0.25) is 10.0 Å². The molecule has 0 aromatic heterocycles. The van der Waals surface area contributed by atoms with E-state index in [4.69, 9.17) is 27.9 Å². The number of rotatable bonds is 4. The van der Waals surface area contributed by atoms with E-state index < -0.39 is 11.8 Å². The van der Waals surface area contributed by atoms with Gasteiger partial charge in [0.2, 0.25) is 0 Å². The van der Waals surface area contributed by atoms with Crippen LogP contribution in [0.4, 0.5) is 0 Å². The van der Waals surface area contributed by atoms with Crippen molar-refractivity contribution in [2.45, 2.75) is 0 Å². The monoisotopic (exact) mass is 364 g/mol. The molecule has 2 aromatic carbocycles. The highest BCUT2D eigenvalue weighted by molar-refractivity contribution is 6.31. The first kappa shape index (κ1) is 17.8. The second-order valence-electron chi connectivity index (χ2n) is 4.68. The number of hydrazine groups is 1. The van der Waals surface area contributed by atoms with Crippen molar-refractivity contribution in [3.63, 3.8) is 0 Å². The van der Waals surface area contributed by atoms with Gasteiger partial charge in [0, 0.05) is 16.1 Å². The fourth-order valence-electron chi connectivity index (χ4n) is 1.87. The maximum atomic E-state index is 12.1. The first-order chi connectivity index (χ1) is 11.5. The Hall–Kier alpha value is -2.50. The van der Waals surface area contributed by atoms with E-state index in [-0.39, 0.29) is 5.56 Å². The number of carbonyl (C=O) groups excluding carboxylic acids is 2. The molecule has 0 bridgehead atoms. The van der Waals surface area contributed by atoms with Crippen LogP contribution in [-0.2, 0) is 4.79 Å². The summed E-state index contributed by atoms with van der Waals surface area (Å²) in [6, 6.07) is 11.6. The Kier molecular flexibility index (Phi) is 6.23. The SMILES string of the molecule is COc1ccc(Cl)cc1C(=O)NNC(=O)/C=C/c1cccc(Cl)c1. The Morgan fingerprint density at radius 2 is 1.79 bits per heavy atom. The maximum Gasteiger partial charge on any atom is 0.273 e. The standard InChI is InChI=1S/C17H14Cl2N2O3/c1-24-15-7-6-13(19)10-14(15)17(23)21-20-16(22)8-5-11-3-2-4-12(18)9-11/h2-10H,1H3,(H,20,22)(H,21,23)/b8-5+. The quantitative estimate of drug-likeness (QED) is 0.644. The number of halogens is 2. The van der Waals surface area contributed by atoms with Gasteiger partial charge in [0.25, 0.3) is 11.8 Å². The summed E-state index contributed by atoms with van der Waals surface area (Å²) < 4.78 is 5.09. The van der Waals surface area contributed by atoms with Gasteiger partial charge in [-0.3, -0.25) is 20.4 Å². The molecule has 0 fully saturated rings. The Morgan fingerprint density at radius 3 is 2.50 bits per heavy atom. The lowest BCUT2D eigenvalue weighted by Crippen LogP contribution is -2.40. The van der Waals surface area contributed by atoms with Gasteiger partial charge in [0.05, 0.1) is 12.7 Å². The molecule has 5 nitrogen and oxygen atoms in total. The molecular formula is C17H14Cl2N2O3. The predicted octanol–water partition coefficient (Wildman–Crippen LogP) is 3.48. The van der Waals surface area contributed by atoms with E-state index in [1.807, 2.05) is 0 Å². The van der Waals surface area contributed by atoms with Gasteiger partial charge in [-0.1, -0.05) is 35.3 Å². The third-order valence-electron chi connectivity index (χ3n) is 2.98. The first-order valence-electron chi connectivity index (χ1n) is 6.87. The highest BCUT2D eigenvalue weighted by atomic mass is 35.5. The molecular weight excluding hydrogens is 351 g/mol. The first-order valence-corrected chi connectivity index (χ1v) is 7.62. The Balaban J connectivity index is 1.96. The van der Waals surface area contributed by atoms with E-state index in [1.54, 1.807) is 42.5 Å². The topological polar surface area (TPSA) is 67.4 Å². The van der Waals surface area contributed by atoms with Gasteiger partial charge >= 0.3 is 0 Å². The fourth-order valence-corrected chi connectivity index (χ4v) is 2.24. The summed E-state index contributed by atoms with van der Waals surface area (Å²) >= 11 is 11.7. The molecule has 124 valence electrons. The number of nitrogens with one attached hydrogen (secondary N) is 2. The summed E-state index contributed by atoms with van der Waals surface area (Å²) in [5.41, 5.74) is 5.55. The Bertz CT molecular complexity index is 791. The average molecular weight is 365 g/mol. The van der Waals surface area contributed by atoms with Crippen LogP contribution in [0, 0.1) is 0 Å². The van der Waals surface area contributed by atoms with Crippen molar-refractivity contribution < 1.29 is 14.3 Å². The molecule has 0 aliphatic heterocycles. The van der Waals surface area contributed by atoms with Crippen LogP contribution in [0.3, 0.4) is 0 Å². The lowest BCUT2D eigenvalue weighted by atomic mass is 10.2. The fraction of sp³-hybridized carbons (Fsp3) is 0.0588. The molecule has 24 heavy (non-hydrogen) atoms. The number of amides is 2. The molecule has 2 amide bonds. The van der Waals surface area contributed by atoms with E-state index in [0.29, 0.717) is 15.8 Å². The van der Waals surface area contributed by atoms with Crippen LogP contribution in [0.5, 0.6) is 5.75 Å². The van der Waals surface area contributed by atoms with Crippen molar-refractivity contribution in [3.8, 4) is 5.75 Å². The zero-order valence-electron chi connectivity index (χ0n) is 12.7. The lowest BCUT2D eigenvalue weighted by molar-refractivity contribution is -0.117. The van der Waals surface area contributed by atoms with Crippen molar-refractivity contribution in [1.29, 1.82) is 0 Å². The van der Waals surface area contributed by atoms with Gasteiger partial charge in [0.15, 0.2) is 0 Å². The van der Waals surface area contributed by atoms with Crippen LogP contribution < -0.4 is 15.6 Å². The van der Waals surface area contributed by atoms with Gasteiger partial charge in [-0.25, -0.2) is 0 Å². The Labute approximate surface area is 149 Å². The van der Waals surface area contributed by atoms with Crippen LogP contribution in [0.25, 0.3) is 6.08 Å². The summed E-state index contributed by atoms with van der Waals surface area (Å²) in [6.45, 7) is 0. The second-order valence-corrected chi connectivity index (χ2v) is 5.55. The molecule has 0 aliphatic carbocycles. The largest absolute Gasteiger partial charge is 0.496 e. The highest BCUT2D eigenvalue weighted by Gasteiger charge is 2.13. The molecule has 7 heteroatoms. The minimum atomic E-state index is -0.543. The van der Waals surface area contributed by atoms with Crippen molar-refractivity contribution in [3.05, 3.63) is 69.7 Å². The van der Waals surface area contributed by atoms with Gasteiger partial charge < -0.3 is 4.74 Å². The van der Waals surface area contributed by atoms with Crippen molar-refractivity contribution in [2.75, 3.05) is 7.11 Å². The molecule has 2 N–H and O–H groups in total. The summed E-state index contributed by atoms with van der Waals surface area (Å²) in [7, 11) is 1.44. The zero-order chi connectivity index (χ0) is 17.5. The second kappa shape index (κ2) is 8.38. The van der Waals surface area contributed by atoms with Crippen LogP contribution in [0.15, 0.2) is 48.5 Å². The lowest BCUT2D eigenvalue weighted by Gasteiger charge is -2.09. The summed E-state index contributed by atoms with van der Waals surface area (Å²) in [5, 5.41) is 0.951. The molecule has 0 aliphatic rings. The van der Waals surface area contributed by atoms with E-state index in [1.165, 1.54) is 19.3 Å². The predicted molar refractivity (Wildman–Crippen MR) is 94.1 cm³/mol. The van der Waals surface area contributed by atoms with Crippen LogP contribution >= 0.6 is 23.2 Å². The number of benzene rings is 2. The minimum Gasteiger partial charge on any atom is -0.496 e. The van der Waals surface area contributed by atoms with Crippen LogP contribution in [-0.4, -0.2) is 18.9 Å². The number of carbonyl (C=O) groups is 2. The third-order valence-corrected chi connectivity index (χ3v) is 3.45. The molecule has 2 rings (SSSR count). The molecule has 2 aromatic rings. The molecule has 0 saturated heterocycles. The molecule has 0 saturated carbocycles. The molecule has 0 radical (unpaired) electrons. The van der Waals surface area contributed by atoms with E-state index in [9.17, 15) is 9.59 Å². The number of methoxy groups -OCH3 is 1. The summed E-state index contributed by atoms with van der Waals surface area (Å²) in [6.07, 6.45) is 2.86. The summed E-state index contributed by atoms with van der Waals surface area (Å²) in [4.78, 5) is 23.8. The molecule has 0 heterocycles. The molecule has 0 unspecified atom stereocenters. The van der Waals surface area contributed by atoms with Gasteiger partial charge in [-0.15, -0.1) is 0 Å². The minimum absolute atomic E-state index is 0.212. The number of ether oxygens (including phenoxy) is 1. The number of hydrogen-bond acceptors (Lipinski definition) is 3. The normalized spacial score (nSPS) is 10.5. The maximum absolute atomic E-state index is 12.1. The van der Waals surface area contributed by atoms with Crippen molar-refractivity contribution >= 4 is 41.1 Å². The van der Waals surface area contributed by atoms with Gasteiger partial charge in [-0.2, -0.15) is 0 Å². The number of hydrogen-bond donors (Lipinski definition) is 2. The Morgan fingerprint density at radius 1 is 1.04 bits per heavy atom. The summed E-state index contributed by atoms with van der Waals surface area (Å²) in [5.74, 6) is -0.691.